The fourth-order valence-electron chi connectivity index (χ4n) is 3.67. The van der Waals surface area contributed by atoms with E-state index in [1.165, 1.54) is 11.1 Å². The number of anilines is 2. The van der Waals surface area contributed by atoms with Gasteiger partial charge in [-0.1, -0.05) is 42.5 Å². The Morgan fingerprint density at radius 2 is 1.55 bits per heavy atom. The summed E-state index contributed by atoms with van der Waals surface area (Å²) in [5.74, 6) is -0.314. The lowest BCUT2D eigenvalue weighted by Crippen LogP contribution is -2.60. The highest BCUT2D eigenvalue weighted by Crippen LogP contribution is 2.36. The van der Waals surface area contributed by atoms with Gasteiger partial charge < -0.3 is 5.32 Å². The number of fused-ring (bicyclic) bond motifs is 1. The van der Waals surface area contributed by atoms with Crippen LogP contribution in [-0.4, -0.2) is 17.4 Å². The number of carbonyl (C=O) groups excluding carboxylic acids is 2. The van der Waals surface area contributed by atoms with E-state index in [0.29, 0.717) is 5.69 Å². The van der Waals surface area contributed by atoms with E-state index in [-0.39, 0.29) is 18.4 Å². The Morgan fingerprint density at radius 3 is 2.28 bits per heavy atom. The van der Waals surface area contributed by atoms with E-state index in [1.807, 2.05) is 71.6 Å². The molecule has 2 aromatic carbocycles. The van der Waals surface area contributed by atoms with Crippen LogP contribution in [0.25, 0.3) is 0 Å². The maximum Gasteiger partial charge on any atom is 0.293 e. The fourth-order valence-corrected chi connectivity index (χ4v) is 3.67. The average Bonchev–Trinajstić information content (AvgIpc) is 2.71. The van der Waals surface area contributed by atoms with E-state index < -0.39 is 5.54 Å². The van der Waals surface area contributed by atoms with E-state index >= 15 is 0 Å². The lowest BCUT2D eigenvalue weighted by molar-refractivity contribution is -0.684. The molecular weight excluding hydrogens is 362 g/mol. The van der Waals surface area contributed by atoms with Crippen LogP contribution in [0.5, 0.6) is 0 Å². The molecular formula is C24H24N3O2+. The second-order valence-corrected chi connectivity index (χ2v) is 7.80. The van der Waals surface area contributed by atoms with Gasteiger partial charge in [-0.3, -0.25) is 14.5 Å². The first-order valence-electron chi connectivity index (χ1n) is 9.70. The van der Waals surface area contributed by atoms with Gasteiger partial charge in [0.2, 0.25) is 12.5 Å². The molecule has 2 amide bonds. The molecule has 0 unspecified atom stereocenters. The lowest BCUT2D eigenvalue weighted by atomic mass is 9.96. The molecule has 0 fully saturated rings. The number of hydrogen-bond acceptors (Lipinski definition) is 2. The molecule has 0 radical (unpaired) electrons. The summed E-state index contributed by atoms with van der Waals surface area (Å²) in [5, 5.41) is 2.89. The minimum Gasteiger partial charge on any atom is -0.322 e. The normalized spacial score (nSPS) is 14.8. The predicted octanol–water partition coefficient (Wildman–Crippen LogP) is 3.33. The van der Waals surface area contributed by atoms with Crippen molar-refractivity contribution in [3.63, 3.8) is 0 Å². The molecule has 5 nitrogen and oxygen atoms in total. The zero-order valence-corrected chi connectivity index (χ0v) is 16.6. The van der Waals surface area contributed by atoms with E-state index in [9.17, 15) is 9.59 Å². The highest BCUT2D eigenvalue weighted by Gasteiger charge is 2.44. The highest BCUT2D eigenvalue weighted by molar-refractivity contribution is 6.13. The first-order chi connectivity index (χ1) is 13.9. The van der Waals surface area contributed by atoms with Crippen LogP contribution < -0.4 is 14.8 Å². The molecule has 1 aromatic heterocycles. The van der Waals surface area contributed by atoms with Gasteiger partial charge in [-0.2, -0.15) is 4.57 Å². The minimum absolute atomic E-state index is 0.127. The molecule has 1 aliphatic heterocycles. The van der Waals surface area contributed by atoms with E-state index in [1.54, 1.807) is 18.7 Å². The number of hydrogen-bond donors (Lipinski definition) is 1. The van der Waals surface area contributed by atoms with Crippen LogP contribution in [-0.2, 0) is 22.6 Å². The summed E-state index contributed by atoms with van der Waals surface area (Å²) >= 11 is 0. The second kappa shape index (κ2) is 7.51. The maximum absolute atomic E-state index is 13.2. The Kier molecular flexibility index (Phi) is 4.89. The molecule has 0 spiro atoms. The van der Waals surface area contributed by atoms with Gasteiger partial charge in [-0.25, -0.2) is 0 Å². The van der Waals surface area contributed by atoms with Gasteiger partial charge in [-0.05, 0) is 43.5 Å². The standard InChI is InChI=1S/C24H23N3O2/c1-24(2)23(29)25-20-10-6-7-11-21(20)27(24)22(28)17-26-14-12-19(13-15-26)16-18-8-4-3-5-9-18/h3-15H,16-17H2,1-2H3/p+1. The van der Waals surface area contributed by atoms with Crippen molar-refractivity contribution in [2.75, 3.05) is 10.2 Å². The zero-order valence-electron chi connectivity index (χ0n) is 16.6. The fraction of sp³-hybridized carbons (Fsp3) is 0.208. The van der Waals surface area contributed by atoms with Crippen molar-refractivity contribution in [1.82, 2.24) is 0 Å². The van der Waals surface area contributed by atoms with Crippen LogP contribution in [0, 0.1) is 0 Å². The highest BCUT2D eigenvalue weighted by atomic mass is 16.2. The number of benzene rings is 2. The minimum atomic E-state index is -0.959. The monoisotopic (exact) mass is 386 g/mol. The topological polar surface area (TPSA) is 53.3 Å². The van der Waals surface area contributed by atoms with Crippen LogP contribution in [0.2, 0.25) is 0 Å². The number of aromatic nitrogens is 1. The number of rotatable bonds is 4. The largest absolute Gasteiger partial charge is 0.322 e. The summed E-state index contributed by atoms with van der Waals surface area (Å²) in [6.07, 6.45) is 4.68. The summed E-state index contributed by atoms with van der Waals surface area (Å²) in [6, 6.07) is 21.7. The molecule has 4 rings (SSSR count). The van der Waals surface area contributed by atoms with Crippen molar-refractivity contribution in [3.8, 4) is 0 Å². The summed E-state index contributed by atoms with van der Waals surface area (Å²) in [4.78, 5) is 27.3. The quantitative estimate of drug-likeness (QED) is 0.700. The third-order valence-corrected chi connectivity index (χ3v) is 5.29. The van der Waals surface area contributed by atoms with Gasteiger partial charge in [0.1, 0.15) is 5.54 Å². The van der Waals surface area contributed by atoms with Gasteiger partial charge in [-0.15, -0.1) is 0 Å². The molecule has 5 heteroatoms. The van der Waals surface area contributed by atoms with Crippen molar-refractivity contribution in [2.24, 2.45) is 0 Å². The summed E-state index contributed by atoms with van der Waals surface area (Å²) in [5.41, 5.74) is 2.86. The third kappa shape index (κ3) is 3.76. The predicted molar refractivity (Wildman–Crippen MR) is 113 cm³/mol. The summed E-state index contributed by atoms with van der Waals surface area (Å²) in [7, 11) is 0. The van der Waals surface area contributed by atoms with E-state index in [0.717, 1.165) is 12.1 Å². The Morgan fingerprint density at radius 1 is 0.931 bits per heavy atom. The molecule has 3 aromatic rings. The molecule has 0 atom stereocenters. The number of amides is 2. The Balaban J connectivity index is 1.53. The van der Waals surface area contributed by atoms with Gasteiger partial charge >= 0.3 is 0 Å². The molecule has 0 saturated heterocycles. The molecule has 2 heterocycles. The van der Waals surface area contributed by atoms with Crippen LogP contribution in [0.4, 0.5) is 11.4 Å². The zero-order chi connectivity index (χ0) is 20.4. The summed E-state index contributed by atoms with van der Waals surface area (Å²) in [6.45, 7) is 3.70. The second-order valence-electron chi connectivity index (χ2n) is 7.80. The Bertz CT molecular complexity index is 1040. The molecule has 0 saturated carbocycles. The van der Waals surface area contributed by atoms with E-state index in [2.05, 4.69) is 17.4 Å². The first kappa shape index (κ1) is 18.9. The van der Waals surface area contributed by atoms with Gasteiger partial charge in [0.05, 0.1) is 11.4 Å². The van der Waals surface area contributed by atoms with Crippen molar-refractivity contribution in [3.05, 3.63) is 90.3 Å². The molecule has 1 aliphatic rings. The molecule has 0 bridgehead atoms. The molecule has 29 heavy (non-hydrogen) atoms. The van der Waals surface area contributed by atoms with Gasteiger partial charge in [0.25, 0.3) is 5.91 Å². The Labute approximate surface area is 170 Å². The van der Waals surface area contributed by atoms with Gasteiger partial charge in [0.15, 0.2) is 12.4 Å². The average molecular weight is 386 g/mol. The molecule has 0 aliphatic carbocycles. The molecule has 1 N–H and O–H groups in total. The van der Waals surface area contributed by atoms with Crippen LogP contribution in [0.3, 0.4) is 0 Å². The van der Waals surface area contributed by atoms with Crippen molar-refractivity contribution in [1.29, 1.82) is 0 Å². The number of nitrogens with one attached hydrogen (secondary N) is 1. The molecule has 146 valence electrons. The summed E-state index contributed by atoms with van der Waals surface area (Å²) < 4.78 is 1.85. The van der Waals surface area contributed by atoms with Crippen LogP contribution >= 0.6 is 0 Å². The van der Waals surface area contributed by atoms with Crippen LogP contribution in [0.15, 0.2) is 79.1 Å². The number of carbonyl (C=O) groups is 2. The number of para-hydroxylation sites is 2. The van der Waals surface area contributed by atoms with Crippen molar-refractivity contribution < 1.29 is 14.2 Å². The number of pyridine rings is 1. The van der Waals surface area contributed by atoms with Gasteiger partial charge in [0, 0.05) is 12.1 Å². The van der Waals surface area contributed by atoms with E-state index in [4.69, 9.17) is 0 Å². The first-order valence-corrected chi connectivity index (χ1v) is 9.70. The maximum atomic E-state index is 13.2. The van der Waals surface area contributed by atoms with Crippen molar-refractivity contribution >= 4 is 23.2 Å². The number of nitrogens with zero attached hydrogens (tertiary/aromatic N) is 2. The van der Waals surface area contributed by atoms with Crippen LogP contribution in [0.1, 0.15) is 25.0 Å². The van der Waals surface area contributed by atoms with Crippen molar-refractivity contribution in [2.45, 2.75) is 32.4 Å². The smallest absolute Gasteiger partial charge is 0.293 e. The third-order valence-electron chi connectivity index (χ3n) is 5.29. The lowest BCUT2D eigenvalue weighted by Gasteiger charge is -2.41. The Hall–Kier alpha value is -3.47. The SMILES string of the molecule is CC1(C)C(=O)Nc2ccccc2N1C(=O)C[n+]1ccc(Cc2ccccc2)cc1.